The SMILES string of the molecule is CCC(C)[C@H](NC(=O)NC(C)c1cc(C)oc1C)C(=O)O. The second kappa shape index (κ2) is 7.15. The topological polar surface area (TPSA) is 91.6 Å². The molecular weight excluding hydrogens is 272 g/mol. The van der Waals surface area contributed by atoms with Crippen LogP contribution < -0.4 is 10.6 Å². The van der Waals surface area contributed by atoms with Crippen molar-refractivity contribution in [2.24, 2.45) is 5.92 Å². The normalized spacial score (nSPS) is 15.1. The molecule has 0 saturated heterocycles. The summed E-state index contributed by atoms with van der Waals surface area (Å²) >= 11 is 0. The lowest BCUT2D eigenvalue weighted by molar-refractivity contribution is -0.140. The standard InChI is InChI=1S/C15H24N2O4/c1-6-8(2)13(14(18)19)17-15(20)16-10(4)12-7-9(3)21-11(12)5/h7-8,10,13H,6H2,1-5H3,(H,18,19)(H2,16,17,20)/t8?,10?,13-/m0/s1. The van der Waals surface area contributed by atoms with Gasteiger partial charge in [-0.05, 0) is 32.8 Å². The average Bonchev–Trinajstić information content (AvgIpc) is 2.73. The van der Waals surface area contributed by atoms with Crippen molar-refractivity contribution in [2.75, 3.05) is 0 Å². The first-order chi connectivity index (χ1) is 9.76. The molecule has 0 aliphatic carbocycles. The highest BCUT2D eigenvalue weighted by atomic mass is 16.4. The number of rotatable bonds is 6. The first-order valence-corrected chi connectivity index (χ1v) is 7.13. The van der Waals surface area contributed by atoms with E-state index in [2.05, 4.69) is 10.6 Å². The zero-order valence-corrected chi connectivity index (χ0v) is 13.2. The third-order valence-corrected chi connectivity index (χ3v) is 3.66. The lowest BCUT2D eigenvalue weighted by atomic mass is 9.99. The molecule has 0 fully saturated rings. The summed E-state index contributed by atoms with van der Waals surface area (Å²) in [6.07, 6.45) is 0.673. The molecule has 0 aromatic carbocycles. The van der Waals surface area contributed by atoms with Gasteiger partial charge >= 0.3 is 12.0 Å². The summed E-state index contributed by atoms with van der Waals surface area (Å²) < 4.78 is 5.43. The van der Waals surface area contributed by atoms with E-state index in [1.807, 2.05) is 33.8 Å². The second-order valence-corrected chi connectivity index (χ2v) is 5.41. The fraction of sp³-hybridized carbons (Fsp3) is 0.600. The van der Waals surface area contributed by atoms with Crippen LogP contribution in [0.15, 0.2) is 10.5 Å². The number of aryl methyl sites for hydroxylation is 2. The van der Waals surface area contributed by atoms with Gasteiger partial charge in [0.05, 0.1) is 6.04 Å². The minimum absolute atomic E-state index is 0.138. The van der Waals surface area contributed by atoms with Crippen molar-refractivity contribution < 1.29 is 19.1 Å². The first-order valence-electron chi connectivity index (χ1n) is 7.13. The van der Waals surface area contributed by atoms with E-state index in [0.717, 1.165) is 17.1 Å². The van der Waals surface area contributed by atoms with Crippen molar-refractivity contribution in [1.82, 2.24) is 10.6 Å². The van der Waals surface area contributed by atoms with Gasteiger partial charge in [-0.15, -0.1) is 0 Å². The summed E-state index contributed by atoms with van der Waals surface area (Å²) in [5, 5.41) is 14.4. The van der Waals surface area contributed by atoms with Crippen LogP contribution in [0, 0.1) is 19.8 Å². The molecule has 2 unspecified atom stereocenters. The summed E-state index contributed by atoms with van der Waals surface area (Å²) in [6, 6.07) is 0.223. The number of carbonyl (C=O) groups excluding carboxylic acids is 1. The van der Waals surface area contributed by atoms with Crippen molar-refractivity contribution >= 4 is 12.0 Å². The van der Waals surface area contributed by atoms with Gasteiger partial charge in [-0.2, -0.15) is 0 Å². The molecule has 0 radical (unpaired) electrons. The Bertz CT molecular complexity index is 510. The molecule has 0 spiro atoms. The largest absolute Gasteiger partial charge is 0.480 e. The van der Waals surface area contributed by atoms with E-state index < -0.39 is 18.0 Å². The molecule has 1 aromatic heterocycles. The van der Waals surface area contributed by atoms with Crippen LogP contribution in [-0.4, -0.2) is 23.1 Å². The van der Waals surface area contributed by atoms with E-state index in [0.29, 0.717) is 6.42 Å². The Hall–Kier alpha value is -1.98. The minimum Gasteiger partial charge on any atom is -0.480 e. The van der Waals surface area contributed by atoms with Crippen molar-refractivity contribution in [1.29, 1.82) is 0 Å². The van der Waals surface area contributed by atoms with Gasteiger partial charge in [-0.3, -0.25) is 0 Å². The highest BCUT2D eigenvalue weighted by molar-refractivity contribution is 5.82. The number of hydrogen-bond acceptors (Lipinski definition) is 3. The Balaban J connectivity index is 2.68. The van der Waals surface area contributed by atoms with Crippen molar-refractivity contribution in [3.05, 3.63) is 23.2 Å². The third kappa shape index (κ3) is 4.51. The van der Waals surface area contributed by atoms with Crippen LogP contribution in [-0.2, 0) is 4.79 Å². The van der Waals surface area contributed by atoms with Gasteiger partial charge in [-0.25, -0.2) is 9.59 Å². The number of aliphatic carboxylic acids is 1. The van der Waals surface area contributed by atoms with Gasteiger partial charge in [0.15, 0.2) is 0 Å². The van der Waals surface area contributed by atoms with Crippen LogP contribution in [0.2, 0.25) is 0 Å². The number of urea groups is 1. The third-order valence-electron chi connectivity index (χ3n) is 3.66. The first kappa shape index (κ1) is 17.1. The highest BCUT2D eigenvalue weighted by Gasteiger charge is 2.26. The fourth-order valence-corrected chi connectivity index (χ4v) is 2.22. The van der Waals surface area contributed by atoms with Crippen LogP contribution in [0.1, 0.15) is 50.3 Å². The Morgan fingerprint density at radius 3 is 2.33 bits per heavy atom. The summed E-state index contributed by atoms with van der Waals surface area (Å²) in [6.45, 7) is 9.19. The molecule has 1 aromatic rings. The number of amides is 2. The van der Waals surface area contributed by atoms with E-state index >= 15 is 0 Å². The van der Waals surface area contributed by atoms with Crippen LogP contribution >= 0.6 is 0 Å². The molecule has 1 rings (SSSR count). The van der Waals surface area contributed by atoms with Crippen LogP contribution in [0.4, 0.5) is 4.79 Å². The van der Waals surface area contributed by atoms with E-state index in [1.54, 1.807) is 6.92 Å². The van der Waals surface area contributed by atoms with Gasteiger partial charge < -0.3 is 20.2 Å². The molecule has 6 nitrogen and oxygen atoms in total. The number of nitrogens with one attached hydrogen (secondary N) is 2. The van der Waals surface area contributed by atoms with Gasteiger partial charge in [0.1, 0.15) is 17.6 Å². The summed E-state index contributed by atoms with van der Waals surface area (Å²) in [4.78, 5) is 23.2. The van der Waals surface area contributed by atoms with Crippen molar-refractivity contribution in [3.63, 3.8) is 0 Å². The van der Waals surface area contributed by atoms with E-state index in [1.165, 1.54) is 0 Å². The van der Waals surface area contributed by atoms with E-state index in [9.17, 15) is 9.59 Å². The van der Waals surface area contributed by atoms with Crippen molar-refractivity contribution in [3.8, 4) is 0 Å². The van der Waals surface area contributed by atoms with Crippen LogP contribution in [0.25, 0.3) is 0 Å². The van der Waals surface area contributed by atoms with Gasteiger partial charge in [0.25, 0.3) is 0 Å². The Morgan fingerprint density at radius 1 is 1.29 bits per heavy atom. The van der Waals surface area contributed by atoms with Gasteiger partial charge in [-0.1, -0.05) is 20.3 Å². The maximum atomic E-state index is 12.0. The molecule has 0 aliphatic rings. The molecule has 3 atom stereocenters. The minimum atomic E-state index is -1.03. The highest BCUT2D eigenvalue weighted by Crippen LogP contribution is 2.21. The number of hydrogen-bond donors (Lipinski definition) is 3. The van der Waals surface area contributed by atoms with Gasteiger partial charge in [0.2, 0.25) is 0 Å². The monoisotopic (exact) mass is 296 g/mol. The number of furan rings is 1. The molecule has 0 bridgehead atoms. The summed E-state index contributed by atoms with van der Waals surface area (Å²) in [5.74, 6) is 0.362. The number of carbonyl (C=O) groups is 2. The molecule has 3 N–H and O–H groups in total. The molecule has 6 heteroatoms. The van der Waals surface area contributed by atoms with Crippen LogP contribution in [0.5, 0.6) is 0 Å². The van der Waals surface area contributed by atoms with Crippen LogP contribution in [0.3, 0.4) is 0 Å². The predicted molar refractivity (Wildman–Crippen MR) is 79.1 cm³/mol. The number of carboxylic acids is 1. The maximum absolute atomic E-state index is 12.0. The van der Waals surface area contributed by atoms with Gasteiger partial charge in [0, 0.05) is 5.56 Å². The lowest BCUT2D eigenvalue weighted by Crippen LogP contribution is -2.49. The molecule has 0 saturated carbocycles. The fourth-order valence-electron chi connectivity index (χ4n) is 2.22. The second-order valence-electron chi connectivity index (χ2n) is 5.41. The molecular formula is C15H24N2O4. The van der Waals surface area contributed by atoms with Crippen molar-refractivity contribution in [2.45, 2.75) is 53.1 Å². The Labute approximate surface area is 124 Å². The molecule has 2 amide bonds. The maximum Gasteiger partial charge on any atom is 0.326 e. The Kier molecular flexibility index (Phi) is 5.81. The molecule has 1 heterocycles. The quantitative estimate of drug-likeness (QED) is 0.752. The van der Waals surface area contributed by atoms with E-state index in [4.69, 9.17) is 9.52 Å². The smallest absolute Gasteiger partial charge is 0.326 e. The van der Waals surface area contributed by atoms with E-state index in [-0.39, 0.29) is 12.0 Å². The number of carboxylic acid groups (broad SMARTS) is 1. The Morgan fingerprint density at radius 2 is 1.90 bits per heavy atom. The molecule has 21 heavy (non-hydrogen) atoms. The summed E-state index contributed by atoms with van der Waals surface area (Å²) in [5.41, 5.74) is 0.887. The predicted octanol–water partition coefficient (Wildman–Crippen LogP) is 2.76. The average molecular weight is 296 g/mol. The zero-order valence-electron chi connectivity index (χ0n) is 13.2. The molecule has 118 valence electrons. The lowest BCUT2D eigenvalue weighted by Gasteiger charge is -2.22. The molecule has 0 aliphatic heterocycles. The summed E-state index contributed by atoms with van der Waals surface area (Å²) in [7, 11) is 0. The zero-order chi connectivity index (χ0) is 16.2.